The van der Waals surface area contributed by atoms with E-state index in [0.717, 1.165) is 45.0 Å². The van der Waals surface area contributed by atoms with E-state index in [4.69, 9.17) is 14.2 Å². The number of halogens is 1. The van der Waals surface area contributed by atoms with Crippen LogP contribution in [-0.2, 0) is 34.0 Å². The van der Waals surface area contributed by atoms with Gasteiger partial charge in [0.15, 0.2) is 5.96 Å². The molecule has 1 unspecified atom stereocenters. The van der Waals surface area contributed by atoms with Crippen molar-refractivity contribution >= 4 is 29.9 Å². The molecule has 1 aliphatic heterocycles. The fourth-order valence-corrected chi connectivity index (χ4v) is 3.47. The van der Waals surface area contributed by atoms with E-state index in [1.54, 1.807) is 7.05 Å². The number of nitrogens with one attached hydrogen (secondary N) is 2. The summed E-state index contributed by atoms with van der Waals surface area (Å²) < 4.78 is 17.1. The molecule has 7 heteroatoms. The summed E-state index contributed by atoms with van der Waals surface area (Å²) in [6, 6.07) is 18.7. The van der Waals surface area contributed by atoms with Gasteiger partial charge in [0.25, 0.3) is 0 Å². The highest BCUT2D eigenvalue weighted by atomic mass is 127. The Bertz CT molecular complexity index is 783. The van der Waals surface area contributed by atoms with Gasteiger partial charge in [0, 0.05) is 33.4 Å². The molecule has 0 aliphatic carbocycles. The van der Waals surface area contributed by atoms with Crippen LogP contribution in [0.4, 0.5) is 0 Å². The van der Waals surface area contributed by atoms with E-state index >= 15 is 0 Å². The summed E-state index contributed by atoms with van der Waals surface area (Å²) in [5.41, 5.74) is 3.55. The topological polar surface area (TPSA) is 64.1 Å². The molecule has 1 aliphatic rings. The molecule has 3 rings (SSSR count). The van der Waals surface area contributed by atoms with Gasteiger partial charge in [-0.05, 0) is 36.0 Å². The molecule has 6 nitrogen and oxygen atoms in total. The molecule has 0 spiro atoms. The third-order valence-electron chi connectivity index (χ3n) is 5.14. The van der Waals surface area contributed by atoms with E-state index in [-0.39, 0.29) is 24.0 Å². The molecule has 2 aromatic carbocycles. The fourth-order valence-electron chi connectivity index (χ4n) is 3.47. The van der Waals surface area contributed by atoms with Crippen molar-refractivity contribution in [2.75, 3.05) is 33.4 Å². The van der Waals surface area contributed by atoms with E-state index in [1.165, 1.54) is 16.7 Å². The second-order valence-electron chi connectivity index (χ2n) is 7.71. The summed E-state index contributed by atoms with van der Waals surface area (Å²) in [5.74, 6) is 0.796. The van der Waals surface area contributed by atoms with Crippen LogP contribution in [-0.4, -0.2) is 45.5 Å². The minimum absolute atomic E-state index is 0. The molecule has 0 bridgehead atoms. The highest BCUT2D eigenvalue weighted by molar-refractivity contribution is 14.0. The zero-order chi connectivity index (χ0) is 21.6. The number of hydrogen-bond donors (Lipinski definition) is 2. The predicted octanol–water partition coefficient (Wildman–Crippen LogP) is 4.27. The molecular formula is C25H36IN3O3. The summed E-state index contributed by atoms with van der Waals surface area (Å²) in [7, 11) is 1.79. The van der Waals surface area contributed by atoms with Crippen molar-refractivity contribution in [3.05, 3.63) is 71.3 Å². The molecule has 1 heterocycles. The van der Waals surface area contributed by atoms with E-state index in [1.807, 2.05) is 18.2 Å². The first-order valence-electron chi connectivity index (χ1n) is 11.2. The van der Waals surface area contributed by atoms with E-state index in [2.05, 4.69) is 52.0 Å². The minimum atomic E-state index is 0. The highest BCUT2D eigenvalue weighted by Crippen LogP contribution is 2.12. The van der Waals surface area contributed by atoms with Crippen LogP contribution in [0.2, 0.25) is 0 Å². The summed E-state index contributed by atoms with van der Waals surface area (Å²) in [5, 5.41) is 6.71. The third kappa shape index (κ3) is 10.3. The van der Waals surface area contributed by atoms with Gasteiger partial charge in [-0.2, -0.15) is 0 Å². The van der Waals surface area contributed by atoms with Gasteiger partial charge in [-0.25, -0.2) is 0 Å². The Hall–Kier alpha value is -1.68. The van der Waals surface area contributed by atoms with Crippen LogP contribution >= 0.6 is 24.0 Å². The fraction of sp³-hybridized carbons (Fsp3) is 0.480. The number of ether oxygens (including phenoxy) is 3. The van der Waals surface area contributed by atoms with Crippen LogP contribution in [0.1, 0.15) is 36.0 Å². The Kier molecular flexibility index (Phi) is 13.3. The van der Waals surface area contributed by atoms with Crippen LogP contribution < -0.4 is 10.6 Å². The second-order valence-corrected chi connectivity index (χ2v) is 7.71. The van der Waals surface area contributed by atoms with Gasteiger partial charge in [-0.3, -0.25) is 4.99 Å². The average Bonchev–Trinajstić information content (AvgIpc) is 3.33. The Labute approximate surface area is 209 Å². The second kappa shape index (κ2) is 16.0. The Morgan fingerprint density at radius 1 is 1.00 bits per heavy atom. The number of aliphatic imine (C=N–C) groups is 1. The average molecular weight is 553 g/mol. The maximum absolute atomic E-state index is 5.85. The first-order valence-corrected chi connectivity index (χ1v) is 11.2. The molecule has 0 amide bonds. The monoisotopic (exact) mass is 553 g/mol. The predicted molar refractivity (Wildman–Crippen MR) is 139 cm³/mol. The lowest BCUT2D eigenvalue weighted by molar-refractivity contribution is 0.0168. The maximum Gasteiger partial charge on any atom is 0.191 e. The summed E-state index contributed by atoms with van der Waals surface area (Å²) >= 11 is 0. The lowest BCUT2D eigenvalue weighted by Crippen LogP contribution is -2.37. The number of hydrogen-bond acceptors (Lipinski definition) is 4. The largest absolute Gasteiger partial charge is 0.379 e. The van der Waals surface area contributed by atoms with Crippen molar-refractivity contribution in [1.29, 1.82) is 0 Å². The van der Waals surface area contributed by atoms with Crippen molar-refractivity contribution < 1.29 is 14.2 Å². The maximum atomic E-state index is 5.85. The quantitative estimate of drug-likeness (QED) is 0.178. The Balaban J connectivity index is 0.00000363. The zero-order valence-electron chi connectivity index (χ0n) is 18.9. The highest BCUT2D eigenvalue weighted by Gasteiger charge is 2.14. The number of guanidine groups is 1. The third-order valence-corrected chi connectivity index (χ3v) is 5.14. The van der Waals surface area contributed by atoms with Crippen LogP contribution in [0.5, 0.6) is 0 Å². The van der Waals surface area contributed by atoms with Crippen molar-refractivity contribution in [3.63, 3.8) is 0 Å². The lowest BCUT2D eigenvalue weighted by atomic mass is 10.1. The van der Waals surface area contributed by atoms with Gasteiger partial charge >= 0.3 is 0 Å². The van der Waals surface area contributed by atoms with Crippen molar-refractivity contribution in [1.82, 2.24) is 10.6 Å². The molecule has 0 aromatic heterocycles. The zero-order valence-corrected chi connectivity index (χ0v) is 21.3. The molecule has 0 radical (unpaired) electrons. The smallest absolute Gasteiger partial charge is 0.191 e. The number of nitrogens with zero attached hydrogens (tertiary/aromatic N) is 1. The van der Waals surface area contributed by atoms with E-state index in [0.29, 0.717) is 32.5 Å². The minimum Gasteiger partial charge on any atom is -0.379 e. The normalized spacial score (nSPS) is 15.9. The molecule has 2 aromatic rings. The number of rotatable bonds is 12. The van der Waals surface area contributed by atoms with Crippen LogP contribution in [0.3, 0.4) is 0 Å². The van der Waals surface area contributed by atoms with Gasteiger partial charge < -0.3 is 24.8 Å². The molecule has 176 valence electrons. The summed E-state index contributed by atoms with van der Waals surface area (Å²) in [4.78, 5) is 4.30. The summed E-state index contributed by atoms with van der Waals surface area (Å²) in [6.07, 6.45) is 3.50. The lowest BCUT2D eigenvalue weighted by Gasteiger charge is -2.13. The van der Waals surface area contributed by atoms with Gasteiger partial charge in [-0.15, -0.1) is 24.0 Å². The van der Waals surface area contributed by atoms with Gasteiger partial charge in [0.2, 0.25) is 0 Å². The van der Waals surface area contributed by atoms with E-state index in [9.17, 15) is 0 Å². The van der Waals surface area contributed by atoms with Gasteiger partial charge in [0.05, 0.1) is 25.9 Å². The van der Waals surface area contributed by atoms with Crippen molar-refractivity contribution in [2.24, 2.45) is 4.99 Å². The van der Waals surface area contributed by atoms with E-state index < -0.39 is 0 Å². The van der Waals surface area contributed by atoms with Gasteiger partial charge in [-0.1, -0.05) is 54.6 Å². The van der Waals surface area contributed by atoms with Crippen LogP contribution in [0.15, 0.2) is 59.6 Å². The van der Waals surface area contributed by atoms with Crippen LogP contribution in [0, 0.1) is 0 Å². The van der Waals surface area contributed by atoms with Gasteiger partial charge in [0.1, 0.15) is 0 Å². The molecule has 1 fully saturated rings. The SMILES string of the molecule is CN=C(NCCCOCC1CCCO1)NCc1cccc(COCc2ccccc2)c1.I. The first-order chi connectivity index (χ1) is 15.3. The standard InChI is InChI=1S/C25H35N3O3.HI/c1-26-25(27-13-7-14-29-20-24-12-6-15-31-24)28-17-22-10-5-11-23(16-22)19-30-18-21-8-3-2-4-9-21;/h2-5,8-11,16,24H,6-7,12-15,17-20H2,1H3,(H2,26,27,28);1H. The van der Waals surface area contributed by atoms with Crippen LogP contribution in [0.25, 0.3) is 0 Å². The summed E-state index contributed by atoms with van der Waals surface area (Å²) in [6.45, 7) is 5.06. The first kappa shape index (κ1) is 26.6. The molecule has 1 saturated heterocycles. The molecule has 32 heavy (non-hydrogen) atoms. The Morgan fingerprint density at radius 2 is 1.78 bits per heavy atom. The number of benzene rings is 2. The molecule has 0 saturated carbocycles. The van der Waals surface area contributed by atoms with Crippen molar-refractivity contribution in [3.8, 4) is 0 Å². The molecule has 1 atom stereocenters. The molecule has 2 N–H and O–H groups in total. The Morgan fingerprint density at radius 3 is 2.56 bits per heavy atom. The van der Waals surface area contributed by atoms with Crippen molar-refractivity contribution in [2.45, 2.75) is 45.1 Å². The molecular weight excluding hydrogens is 517 g/mol.